The van der Waals surface area contributed by atoms with Crippen LogP contribution >= 0.6 is 0 Å². The van der Waals surface area contributed by atoms with Gasteiger partial charge >= 0.3 is 5.97 Å². The van der Waals surface area contributed by atoms with Crippen LogP contribution in [0.2, 0.25) is 0 Å². The molecule has 0 aliphatic heterocycles. The van der Waals surface area contributed by atoms with Crippen LogP contribution in [-0.4, -0.2) is 30.2 Å². The first-order valence-electron chi connectivity index (χ1n) is 6.51. The predicted octanol–water partition coefficient (Wildman–Crippen LogP) is 1.83. The first kappa shape index (κ1) is 15.4. The molecule has 1 N–H and O–H groups in total. The van der Waals surface area contributed by atoms with E-state index >= 15 is 0 Å². The minimum absolute atomic E-state index is 0.0900. The zero-order chi connectivity index (χ0) is 14.3. The summed E-state index contributed by atoms with van der Waals surface area (Å²) in [6.45, 7) is 8.70. The number of hydrogen-bond acceptors (Lipinski definition) is 5. The molecule has 0 atom stereocenters. The molecule has 19 heavy (non-hydrogen) atoms. The molecule has 0 saturated carbocycles. The van der Waals surface area contributed by atoms with Gasteiger partial charge in [0, 0.05) is 18.3 Å². The molecule has 106 valence electrons. The van der Waals surface area contributed by atoms with Gasteiger partial charge in [0.2, 0.25) is 0 Å². The maximum atomic E-state index is 11.3. The Morgan fingerprint density at radius 1 is 1.42 bits per heavy atom. The van der Waals surface area contributed by atoms with Crippen molar-refractivity contribution >= 4 is 5.97 Å². The highest BCUT2D eigenvalue weighted by atomic mass is 16.6. The molecule has 1 rings (SSSR count). The summed E-state index contributed by atoms with van der Waals surface area (Å²) in [6.07, 6.45) is 0. The van der Waals surface area contributed by atoms with E-state index in [-0.39, 0.29) is 12.6 Å². The fraction of sp³-hybridized carbons (Fsp3) is 0.571. The van der Waals surface area contributed by atoms with Gasteiger partial charge in [-0.1, -0.05) is 13.8 Å². The highest BCUT2D eigenvalue weighted by Gasteiger charge is 2.09. The number of nitrogens with one attached hydrogen (secondary N) is 1. The Labute approximate surface area is 114 Å². The average Bonchev–Trinajstić information content (AvgIpc) is 2.35. The Bertz CT molecular complexity index is 419. The minimum Gasteiger partial charge on any atom is -0.480 e. The van der Waals surface area contributed by atoms with Gasteiger partial charge in [-0.25, -0.2) is 4.79 Å². The normalized spacial score (nSPS) is 10.6. The summed E-state index contributed by atoms with van der Waals surface area (Å²) in [5.41, 5.74) is 1.72. The first-order chi connectivity index (χ1) is 9.02. The lowest BCUT2D eigenvalue weighted by Gasteiger charge is -2.13. The SMILES string of the molecule is CCOC(=O)COc1ccc(C)nc1CNC(C)C. The molecule has 0 radical (unpaired) electrons. The monoisotopic (exact) mass is 266 g/mol. The van der Waals surface area contributed by atoms with Crippen LogP contribution in [0.4, 0.5) is 0 Å². The van der Waals surface area contributed by atoms with Crippen LogP contribution in [0.15, 0.2) is 12.1 Å². The Balaban J connectivity index is 2.67. The van der Waals surface area contributed by atoms with E-state index in [4.69, 9.17) is 9.47 Å². The van der Waals surface area contributed by atoms with Crippen molar-refractivity contribution in [2.24, 2.45) is 0 Å². The number of rotatable bonds is 7. The summed E-state index contributed by atoms with van der Waals surface area (Å²) < 4.78 is 10.3. The van der Waals surface area contributed by atoms with E-state index in [0.29, 0.717) is 24.9 Å². The zero-order valence-corrected chi connectivity index (χ0v) is 12.0. The van der Waals surface area contributed by atoms with Gasteiger partial charge in [0.1, 0.15) is 5.75 Å². The van der Waals surface area contributed by atoms with Crippen molar-refractivity contribution in [1.29, 1.82) is 0 Å². The maximum Gasteiger partial charge on any atom is 0.344 e. The summed E-state index contributed by atoms with van der Waals surface area (Å²) in [4.78, 5) is 15.7. The van der Waals surface area contributed by atoms with Crippen LogP contribution < -0.4 is 10.1 Å². The number of aromatic nitrogens is 1. The molecule has 0 saturated heterocycles. The summed E-state index contributed by atoms with van der Waals surface area (Å²) in [7, 11) is 0. The number of nitrogens with zero attached hydrogens (tertiary/aromatic N) is 1. The van der Waals surface area contributed by atoms with Crippen molar-refractivity contribution in [2.75, 3.05) is 13.2 Å². The Kier molecular flexibility index (Phi) is 6.29. The van der Waals surface area contributed by atoms with Crippen LogP contribution in [0.25, 0.3) is 0 Å². The number of hydrogen-bond donors (Lipinski definition) is 1. The topological polar surface area (TPSA) is 60.5 Å². The van der Waals surface area contributed by atoms with Crippen molar-refractivity contribution in [3.05, 3.63) is 23.5 Å². The summed E-state index contributed by atoms with van der Waals surface area (Å²) >= 11 is 0. The van der Waals surface area contributed by atoms with Crippen molar-refractivity contribution in [2.45, 2.75) is 40.3 Å². The second-order valence-electron chi connectivity index (χ2n) is 4.53. The number of ether oxygens (including phenoxy) is 2. The lowest BCUT2D eigenvalue weighted by Crippen LogP contribution is -2.23. The van der Waals surface area contributed by atoms with Crippen LogP contribution in [-0.2, 0) is 16.1 Å². The zero-order valence-electron chi connectivity index (χ0n) is 12.0. The van der Waals surface area contributed by atoms with E-state index in [1.54, 1.807) is 6.92 Å². The molecule has 1 aromatic heterocycles. The van der Waals surface area contributed by atoms with Crippen molar-refractivity contribution < 1.29 is 14.3 Å². The quantitative estimate of drug-likeness (QED) is 0.763. The Morgan fingerprint density at radius 2 is 2.16 bits per heavy atom. The molecule has 0 bridgehead atoms. The van der Waals surface area contributed by atoms with E-state index in [1.807, 2.05) is 19.1 Å². The van der Waals surface area contributed by atoms with Crippen LogP contribution in [0.3, 0.4) is 0 Å². The van der Waals surface area contributed by atoms with Gasteiger partial charge in [-0.2, -0.15) is 0 Å². The smallest absolute Gasteiger partial charge is 0.344 e. The molecule has 0 spiro atoms. The molecule has 0 fully saturated rings. The van der Waals surface area contributed by atoms with E-state index in [9.17, 15) is 4.79 Å². The number of pyridine rings is 1. The van der Waals surface area contributed by atoms with Crippen LogP contribution in [0.1, 0.15) is 32.2 Å². The number of esters is 1. The molecule has 0 aromatic carbocycles. The van der Waals surface area contributed by atoms with Crippen LogP contribution in [0.5, 0.6) is 5.75 Å². The summed E-state index contributed by atoms with van der Waals surface area (Å²) in [6, 6.07) is 4.05. The second kappa shape index (κ2) is 7.74. The third kappa shape index (κ3) is 5.70. The molecule has 0 aliphatic carbocycles. The highest BCUT2D eigenvalue weighted by Crippen LogP contribution is 2.17. The van der Waals surface area contributed by atoms with Gasteiger partial charge in [-0.15, -0.1) is 0 Å². The molecule has 0 unspecified atom stereocenters. The maximum absolute atomic E-state index is 11.3. The third-order valence-electron chi connectivity index (χ3n) is 2.40. The Morgan fingerprint density at radius 3 is 2.79 bits per heavy atom. The third-order valence-corrected chi connectivity index (χ3v) is 2.40. The molecular formula is C14H22N2O3. The van der Waals surface area contributed by atoms with Gasteiger partial charge in [0.05, 0.1) is 12.3 Å². The number of carbonyl (C=O) groups is 1. The van der Waals surface area contributed by atoms with Crippen LogP contribution in [0, 0.1) is 6.92 Å². The predicted molar refractivity (Wildman–Crippen MR) is 73.1 cm³/mol. The van der Waals surface area contributed by atoms with Crippen molar-refractivity contribution in [1.82, 2.24) is 10.3 Å². The molecule has 1 heterocycles. The second-order valence-corrected chi connectivity index (χ2v) is 4.53. The highest BCUT2D eigenvalue weighted by molar-refractivity contribution is 5.71. The molecule has 5 nitrogen and oxygen atoms in total. The standard InChI is InChI=1S/C14H22N2O3/c1-5-18-14(17)9-19-13-7-6-11(4)16-12(13)8-15-10(2)3/h6-7,10,15H,5,8-9H2,1-4H3. The summed E-state index contributed by atoms with van der Waals surface area (Å²) in [5, 5.41) is 3.28. The van der Waals surface area contributed by atoms with Gasteiger partial charge in [0.25, 0.3) is 0 Å². The largest absolute Gasteiger partial charge is 0.480 e. The Hall–Kier alpha value is -1.62. The van der Waals surface area contributed by atoms with E-state index < -0.39 is 0 Å². The average molecular weight is 266 g/mol. The fourth-order valence-corrected chi connectivity index (χ4v) is 1.50. The van der Waals surface area contributed by atoms with Gasteiger partial charge in [-0.05, 0) is 26.0 Å². The molecule has 0 amide bonds. The van der Waals surface area contributed by atoms with E-state index in [0.717, 1.165) is 11.4 Å². The van der Waals surface area contributed by atoms with Gasteiger partial charge < -0.3 is 14.8 Å². The number of aryl methyl sites for hydroxylation is 1. The molecule has 0 aliphatic rings. The minimum atomic E-state index is -0.370. The summed E-state index contributed by atoms with van der Waals surface area (Å²) in [5.74, 6) is 0.248. The van der Waals surface area contributed by atoms with Crippen molar-refractivity contribution in [3.63, 3.8) is 0 Å². The first-order valence-corrected chi connectivity index (χ1v) is 6.51. The number of carbonyl (C=O) groups excluding carboxylic acids is 1. The van der Waals surface area contributed by atoms with E-state index in [1.165, 1.54) is 0 Å². The van der Waals surface area contributed by atoms with Gasteiger partial charge in [-0.3, -0.25) is 4.98 Å². The van der Waals surface area contributed by atoms with Gasteiger partial charge in [0.15, 0.2) is 6.61 Å². The molecule has 1 aromatic rings. The van der Waals surface area contributed by atoms with E-state index in [2.05, 4.69) is 24.1 Å². The lowest BCUT2D eigenvalue weighted by molar-refractivity contribution is -0.145. The molecule has 5 heteroatoms. The lowest BCUT2D eigenvalue weighted by atomic mass is 10.2. The fourth-order valence-electron chi connectivity index (χ4n) is 1.50. The van der Waals surface area contributed by atoms with Crippen molar-refractivity contribution in [3.8, 4) is 5.75 Å². The molecular weight excluding hydrogens is 244 g/mol.